The highest BCUT2D eigenvalue weighted by Crippen LogP contribution is 2.27. The molecule has 3 aromatic heterocycles. The first kappa shape index (κ1) is 14.7. The first-order chi connectivity index (χ1) is 11.2. The van der Waals surface area contributed by atoms with Gasteiger partial charge in [-0.3, -0.25) is 4.90 Å². The van der Waals surface area contributed by atoms with Crippen LogP contribution in [0.2, 0.25) is 0 Å². The Balaban J connectivity index is 1.45. The lowest BCUT2D eigenvalue weighted by Gasteiger charge is -2.30. The zero-order valence-electron chi connectivity index (χ0n) is 13.4. The fourth-order valence-electron chi connectivity index (χ4n) is 3.21. The molecular formula is C16H20N6S. The van der Waals surface area contributed by atoms with Gasteiger partial charge in [-0.2, -0.15) is 9.61 Å². The second kappa shape index (κ2) is 5.98. The molecule has 6 nitrogen and oxygen atoms in total. The van der Waals surface area contributed by atoms with Crippen molar-refractivity contribution in [2.75, 3.05) is 13.1 Å². The molecule has 1 aliphatic rings. The molecular weight excluding hydrogens is 308 g/mol. The molecule has 0 N–H and O–H groups in total. The van der Waals surface area contributed by atoms with Crippen molar-refractivity contribution in [3.8, 4) is 0 Å². The summed E-state index contributed by atoms with van der Waals surface area (Å²) in [4.78, 5) is 7.04. The topological polar surface area (TPSA) is 59.2 Å². The van der Waals surface area contributed by atoms with Gasteiger partial charge in [-0.1, -0.05) is 0 Å². The van der Waals surface area contributed by atoms with E-state index in [4.69, 9.17) is 0 Å². The molecule has 23 heavy (non-hydrogen) atoms. The Kier molecular flexibility index (Phi) is 3.82. The van der Waals surface area contributed by atoms with Gasteiger partial charge in [0.2, 0.25) is 0 Å². The summed E-state index contributed by atoms with van der Waals surface area (Å²) in [6.45, 7) is 7.16. The van der Waals surface area contributed by atoms with Crippen LogP contribution in [0.1, 0.15) is 41.0 Å². The predicted molar refractivity (Wildman–Crippen MR) is 89.6 cm³/mol. The second-order valence-corrected chi connectivity index (χ2v) is 7.27. The van der Waals surface area contributed by atoms with Crippen molar-refractivity contribution in [2.45, 2.75) is 39.2 Å². The minimum atomic E-state index is 0.438. The summed E-state index contributed by atoms with van der Waals surface area (Å²) in [6.07, 6.45) is 2.19. The Hall–Kier alpha value is -1.86. The Morgan fingerprint density at radius 1 is 1.17 bits per heavy atom. The predicted octanol–water partition coefficient (Wildman–Crippen LogP) is 2.58. The van der Waals surface area contributed by atoms with Crippen LogP contribution in [0.25, 0.3) is 5.65 Å². The zero-order valence-corrected chi connectivity index (χ0v) is 14.3. The van der Waals surface area contributed by atoms with Crippen LogP contribution in [-0.2, 0) is 6.54 Å². The van der Waals surface area contributed by atoms with Gasteiger partial charge in [0, 0.05) is 17.8 Å². The van der Waals surface area contributed by atoms with Crippen LogP contribution in [0.15, 0.2) is 17.5 Å². The number of aromatic nitrogens is 5. The van der Waals surface area contributed by atoms with Gasteiger partial charge in [-0.25, -0.2) is 4.98 Å². The maximum Gasteiger partial charge on any atom is 0.177 e. The third-order valence-electron chi connectivity index (χ3n) is 4.43. The van der Waals surface area contributed by atoms with E-state index in [1.165, 1.54) is 5.69 Å². The van der Waals surface area contributed by atoms with Gasteiger partial charge < -0.3 is 0 Å². The SMILES string of the molecule is Cc1ccc2nnc(C3CCN(Cc4csc(C)n4)CC3)n2n1. The molecule has 7 heteroatoms. The third kappa shape index (κ3) is 2.98. The van der Waals surface area contributed by atoms with Crippen LogP contribution in [0, 0.1) is 13.8 Å². The molecule has 0 unspecified atom stereocenters. The Bertz CT molecular complexity index is 815. The van der Waals surface area contributed by atoms with E-state index in [-0.39, 0.29) is 0 Å². The largest absolute Gasteiger partial charge is 0.297 e. The van der Waals surface area contributed by atoms with E-state index in [9.17, 15) is 0 Å². The van der Waals surface area contributed by atoms with E-state index in [2.05, 4.69) is 37.5 Å². The maximum atomic E-state index is 4.57. The molecule has 0 bridgehead atoms. The molecule has 4 rings (SSSR count). The smallest absolute Gasteiger partial charge is 0.177 e. The van der Waals surface area contributed by atoms with Gasteiger partial charge in [0.05, 0.1) is 16.4 Å². The first-order valence-corrected chi connectivity index (χ1v) is 8.89. The molecule has 4 heterocycles. The highest BCUT2D eigenvalue weighted by molar-refractivity contribution is 7.09. The lowest BCUT2D eigenvalue weighted by atomic mass is 9.96. The fourth-order valence-corrected chi connectivity index (χ4v) is 3.81. The average Bonchev–Trinajstić information content (AvgIpc) is 3.14. The number of piperidine rings is 1. The first-order valence-electron chi connectivity index (χ1n) is 8.01. The maximum absolute atomic E-state index is 4.57. The van der Waals surface area contributed by atoms with Crippen molar-refractivity contribution in [1.29, 1.82) is 0 Å². The quantitative estimate of drug-likeness (QED) is 0.739. The van der Waals surface area contributed by atoms with E-state index in [0.717, 1.165) is 54.6 Å². The Morgan fingerprint density at radius 3 is 2.74 bits per heavy atom. The monoisotopic (exact) mass is 328 g/mol. The lowest BCUT2D eigenvalue weighted by Crippen LogP contribution is -2.33. The molecule has 0 atom stereocenters. The number of fused-ring (bicyclic) bond motifs is 1. The number of hydrogen-bond acceptors (Lipinski definition) is 6. The average molecular weight is 328 g/mol. The van der Waals surface area contributed by atoms with Crippen molar-refractivity contribution in [3.63, 3.8) is 0 Å². The van der Waals surface area contributed by atoms with Crippen LogP contribution < -0.4 is 0 Å². The summed E-state index contributed by atoms with van der Waals surface area (Å²) in [7, 11) is 0. The molecule has 0 saturated carbocycles. The molecule has 1 fully saturated rings. The third-order valence-corrected chi connectivity index (χ3v) is 5.25. The van der Waals surface area contributed by atoms with Crippen LogP contribution in [0.3, 0.4) is 0 Å². The molecule has 3 aromatic rings. The van der Waals surface area contributed by atoms with Crippen LogP contribution >= 0.6 is 11.3 Å². The van der Waals surface area contributed by atoms with Gasteiger partial charge in [0.1, 0.15) is 0 Å². The highest BCUT2D eigenvalue weighted by Gasteiger charge is 2.25. The Labute approximate surface area is 139 Å². The van der Waals surface area contributed by atoms with Crippen LogP contribution in [0.4, 0.5) is 0 Å². The summed E-state index contributed by atoms with van der Waals surface area (Å²) >= 11 is 1.73. The molecule has 0 amide bonds. The van der Waals surface area contributed by atoms with Crippen LogP contribution in [-0.4, -0.2) is 42.8 Å². The molecule has 0 radical (unpaired) electrons. The highest BCUT2D eigenvalue weighted by atomic mass is 32.1. The van der Waals surface area contributed by atoms with Crippen molar-refractivity contribution in [2.24, 2.45) is 0 Å². The Morgan fingerprint density at radius 2 is 2.00 bits per heavy atom. The number of likely N-dealkylation sites (tertiary alicyclic amines) is 1. The van der Waals surface area contributed by atoms with E-state index in [0.29, 0.717) is 5.92 Å². The van der Waals surface area contributed by atoms with Crippen molar-refractivity contribution in [1.82, 2.24) is 29.7 Å². The number of thiazole rings is 1. The fraction of sp³-hybridized carbons (Fsp3) is 0.500. The molecule has 0 spiro atoms. The molecule has 0 aromatic carbocycles. The lowest BCUT2D eigenvalue weighted by molar-refractivity contribution is 0.199. The van der Waals surface area contributed by atoms with Crippen molar-refractivity contribution >= 4 is 17.0 Å². The summed E-state index contributed by atoms with van der Waals surface area (Å²) in [5, 5.41) is 16.5. The van der Waals surface area contributed by atoms with E-state index in [1.807, 2.05) is 23.6 Å². The van der Waals surface area contributed by atoms with E-state index < -0.39 is 0 Å². The summed E-state index contributed by atoms with van der Waals surface area (Å²) < 4.78 is 1.92. The molecule has 0 aliphatic carbocycles. The van der Waals surface area contributed by atoms with E-state index >= 15 is 0 Å². The normalized spacial score (nSPS) is 17.1. The summed E-state index contributed by atoms with van der Waals surface area (Å²) in [5.74, 6) is 1.44. The number of aryl methyl sites for hydroxylation is 2. The number of hydrogen-bond donors (Lipinski definition) is 0. The van der Waals surface area contributed by atoms with Gasteiger partial charge in [-0.15, -0.1) is 21.5 Å². The van der Waals surface area contributed by atoms with E-state index in [1.54, 1.807) is 11.3 Å². The molecule has 1 aliphatic heterocycles. The van der Waals surface area contributed by atoms with Gasteiger partial charge >= 0.3 is 0 Å². The van der Waals surface area contributed by atoms with Crippen molar-refractivity contribution in [3.05, 3.63) is 39.7 Å². The van der Waals surface area contributed by atoms with Gasteiger partial charge in [0.25, 0.3) is 0 Å². The second-order valence-electron chi connectivity index (χ2n) is 6.21. The number of nitrogens with zero attached hydrogens (tertiary/aromatic N) is 6. The minimum Gasteiger partial charge on any atom is -0.297 e. The van der Waals surface area contributed by atoms with Crippen LogP contribution in [0.5, 0.6) is 0 Å². The summed E-state index contributed by atoms with van der Waals surface area (Å²) in [6, 6.07) is 3.96. The molecule has 1 saturated heterocycles. The summed E-state index contributed by atoms with van der Waals surface area (Å²) in [5.41, 5.74) is 3.03. The molecule has 120 valence electrons. The zero-order chi connectivity index (χ0) is 15.8. The van der Waals surface area contributed by atoms with Gasteiger partial charge in [-0.05, 0) is 51.9 Å². The standard InChI is InChI=1S/C16H20N6S/c1-11-3-4-15-18-19-16(22(15)20-11)13-5-7-21(8-6-13)9-14-10-23-12(2)17-14/h3-4,10,13H,5-9H2,1-2H3. The minimum absolute atomic E-state index is 0.438. The number of rotatable bonds is 3. The van der Waals surface area contributed by atoms with Crippen molar-refractivity contribution < 1.29 is 0 Å². The van der Waals surface area contributed by atoms with Gasteiger partial charge in [0.15, 0.2) is 11.5 Å².